The second-order valence-electron chi connectivity index (χ2n) is 8.97. The van der Waals surface area contributed by atoms with Gasteiger partial charge in [0.15, 0.2) is 0 Å². The smallest absolute Gasteiger partial charge is 0.245 e. The van der Waals surface area contributed by atoms with Gasteiger partial charge in [-0.1, -0.05) is 30.3 Å². The maximum atomic E-state index is 13.5. The number of carbonyl (C=O) groups excluding carboxylic acids is 1. The lowest BCUT2D eigenvalue weighted by molar-refractivity contribution is -0.132. The van der Waals surface area contributed by atoms with Crippen molar-refractivity contribution in [2.45, 2.75) is 32.2 Å². The van der Waals surface area contributed by atoms with Gasteiger partial charge in [0.1, 0.15) is 17.6 Å². The summed E-state index contributed by atoms with van der Waals surface area (Å²) in [6.45, 7) is 6.25. The fraction of sp³-hybridized carbons (Fsp3) is 0.423. The second-order valence-corrected chi connectivity index (χ2v) is 9.70. The summed E-state index contributed by atoms with van der Waals surface area (Å²) in [5.74, 6) is 1.85. The summed E-state index contributed by atoms with van der Waals surface area (Å²) in [5.41, 5.74) is 3.67. The lowest BCUT2D eigenvalue weighted by atomic mass is 10.1. The van der Waals surface area contributed by atoms with Gasteiger partial charge in [-0.3, -0.25) is 4.79 Å². The van der Waals surface area contributed by atoms with Crippen LogP contribution in [0.3, 0.4) is 0 Å². The van der Waals surface area contributed by atoms with E-state index in [4.69, 9.17) is 9.72 Å². The highest BCUT2D eigenvalue weighted by atomic mass is 32.1. The summed E-state index contributed by atoms with van der Waals surface area (Å²) in [6, 6.07) is 16.3. The molecular formula is C26H31N5O2S. The Morgan fingerprint density at radius 3 is 2.71 bits per heavy atom. The first-order chi connectivity index (χ1) is 16.6. The predicted octanol–water partition coefficient (Wildman–Crippen LogP) is 3.76. The number of rotatable bonds is 6. The Kier molecular flexibility index (Phi) is 6.67. The van der Waals surface area contributed by atoms with E-state index >= 15 is 0 Å². The van der Waals surface area contributed by atoms with Crippen molar-refractivity contribution in [3.05, 3.63) is 65.5 Å². The Balaban J connectivity index is 1.22. The van der Waals surface area contributed by atoms with Crippen LogP contribution in [0, 0.1) is 6.92 Å². The zero-order valence-electron chi connectivity index (χ0n) is 19.8. The highest BCUT2D eigenvalue weighted by Gasteiger charge is 2.36. The fourth-order valence-electron chi connectivity index (χ4n) is 4.95. The summed E-state index contributed by atoms with van der Waals surface area (Å²) >= 11 is 1.40. The molecule has 2 saturated heterocycles. The molecule has 2 aromatic carbocycles. The monoisotopic (exact) mass is 477 g/mol. The molecule has 2 aliphatic rings. The third-order valence-corrected chi connectivity index (χ3v) is 7.58. The Labute approximate surface area is 205 Å². The fourth-order valence-corrected chi connectivity index (χ4v) is 5.71. The van der Waals surface area contributed by atoms with Gasteiger partial charge in [0, 0.05) is 56.4 Å². The molecule has 1 unspecified atom stereocenters. The molecule has 2 aliphatic heterocycles. The third kappa shape index (κ3) is 4.73. The first-order valence-electron chi connectivity index (χ1n) is 11.9. The van der Waals surface area contributed by atoms with Crippen molar-refractivity contribution in [2.75, 3.05) is 49.6 Å². The summed E-state index contributed by atoms with van der Waals surface area (Å²) in [6.07, 6.45) is 2.53. The molecule has 0 radical (unpaired) electrons. The van der Waals surface area contributed by atoms with Gasteiger partial charge in [-0.25, -0.2) is 4.98 Å². The van der Waals surface area contributed by atoms with Crippen LogP contribution in [0.15, 0.2) is 48.5 Å². The molecule has 2 fully saturated rings. The number of benzene rings is 2. The van der Waals surface area contributed by atoms with Gasteiger partial charge in [-0.2, -0.15) is 4.37 Å². The van der Waals surface area contributed by atoms with Crippen molar-refractivity contribution < 1.29 is 9.53 Å². The number of hydrogen-bond acceptors (Lipinski definition) is 7. The van der Waals surface area contributed by atoms with Crippen molar-refractivity contribution in [3.8, 4) is 5.75 Å². The standard InChI is InChI=1S/C26H31N5O2S/c1-19-7-3-4-10-22(19)29-13-15-30(16-14-29)25(32)23-11-6-12-31(23)26-27-24(28-34-26)18-20-8-5-9-21(17-20)33-2/h3-5,7-10,17,23H,6,11-16,18H2,1-2H3. The molecular weight excluding hydrogens is 446 g/mol. The van der Waals surface area contributed by atoms with Crippen molar-refractivity contribution in [1.82, 2.24) is 14.3 Å². The zero-order chi connectivity index (χ0) is 23.5. The van der Waals surface area contributed by atoms with Crippen LogP contribution >= 0.6 is 11.5 Å². The average Bonchev–Trinajstić information content (AvgIpc) is 3.54. The molecule has 0 bridgehead atoms. The number of aromatic nitrogens is 2. The minimum absolute atomic E-state index is 0.136. The van der Waals surface area contributed by atoms with E-state index in [-0.39, 0.29) is 11.9 Å². The molecule has 3 aromatic rings. The maximum Gasteiger partial charge on any atom is 0.245 e. The first kappa shape index (κ1) is 22.7. The molecule has 0 spiro atoms. The van der Waals surface area contributed by atoms with Gasteiger partial charge in [0.2, 0.25) is 11.0 Å². The van der Waals surface area contributed by atoms with Gasteiger partial charge in [-0.05, 0) is 49.1 Å². The third-order valence-electron chi connectivity index (χ3n) is 6.78. The normalized spacial score (nSPS) is 18.4. The molecule has 1 atom stereocenters. The van der Waals surface area contributed by atoms with Crippen molar-refractivity contribution in [2.24, 2.45) is 0 Å². The number of hydrogen-bond donors (Lipinski definition) is 0. The Hall–Kier alpha value is -3.13. The quantitative estimate of drug-likeness (QED) is 0.539. The number of nitrogens with zero attached hydrogens (tertiary/aromatic N) is 5. The van der Waals surface area contributed by atoms with Gasteiger partial charge in [0.05, 0.1) is 7.11 Å². The molecule has 0 saturated carbocycles. The number of para-hydroxylation sites is 1. The van der Waals surface area contributed by atoms with E-state index < -0.39 is 0 Å². The van der Waals surface area contributed by atoms with Crippen LogP contribution in [0.4, 0.5) is 10.8 Å². The molecule has 0 aliphatic carbocycles. The largest absolute Gasteiger partial charge is 0.497 e. The molecule has 178 valence electrons. The highest BCUT2D eigenvalue weighted by molar-refractivity contribution is 7.09. The molecule has 1 aromatic heterocycles. The number of aryl methyl sites for hydroxylation is 1. The number of anilines is 2. The van der Waals surface area contributed by atoms with Crippen LogP contribution in [0.2, 0.25) is 0 Å². The van der Waals surface area contributed by atoms with E-state index in [1.807, 2.05) is 23.1 Å². The summed E-state index contributed by atoms with van der Waals surface area (Å²) in [5, 5.41) is 0.854. The number of amides is 1. The summed E-state index contributed by atoms with van der Waals surface area (Å²) in [4.78, 5) is 24.9. The molecule has 3 heterocycles. The number of carbonyl (C=O) groups is 1. The Bertz CT molecular complexity index is 1140. The lowest BCUT2D eigenvalue weighted by Crippen LogP contribution is -2.54. The van der Waals surface area contributed by atoms with Crippen LogP contribution in [0.1, 0.15) is 29.8 Å². The lowest BCUT2D eigenvalue weighted by Gasteiger charge is -2.38. The van der Waals surface area contributed by atoms with Crippen LogP contribution in [0.25, 0.3) is 0 Å². The minimum atomic E-state index is -0.136. The van der Waals surface area contributed by atoms with E-state index in [1.54, 1.807) is 7.11 Å². The first-order valence-corrected chi connectivity index (χ1v) is 12.7. The Morgan fingerprint density at radius 1 is 1.09 bits per heavy atom. The molecule has 34 heavy (non-hydrogen) atoms. The highest BCUT2D eigenvalue weighted by Crippen LogP contribution is 2.30. The van der Waals surface area contributed by atoms with Crippen molar-refractivity contribution in [1.29, 1.82) is 0 Å². The molecule has 8 heteroatoms. The molecule has 0 N–H and O–H groups in total. The minimum Gasteiger partial charge on any atom is -0.497 e. The summed E-state index contributed by atoms with van der Waals surface area (Å²) < 4.78 is 9.91. The number of ether oxygens (including phenoxy) is 1. The average molecular weight is 478 g/mol. The van der Waals surface area contributed by atoms with Gasteiger partial charge >= 0.3 is 0 Å². The van der Waals surface area contributed by atoms with E-state index in [2.05, 4.69) is 51.4 Å². The van der Waals surface area contributed by atoms with E-state index in [0.29, 0.717) is 6.42 Å². The van der Waals surface area contributed by atoms with Crippen LogP contribution in [-0.4, -0.2) is 66.0 Å². The Morgan fingerprint density at radius 2 is 1.91 bits per heavy atom. The molecule has 1 amide bonds. The van der Waals surface area contributed by atoms with Crippen molar-refractivity contribution in [3.63, 3.8) is 0 Å². The van der Waals surface area contributed by atoms with E-state index in [9.17, 15) is 4.79 Å². The molecule has 5 rings (SSSR count). The van der Waals surface area contributed by atoms with Crippen LogP contribution < -0.4 is 14.5 Å². The topological polar surface area (TPSA) is 61.8 Å². The van der Waals surface area contributed by atoms with E-state index in [1.165, 1.54) is 22.8 Å². The van der Waals surface area contributed by atoms with Gasteiger partial charge < -0.3 is 19.4 Å². The maximum absolute atomic E-state index is 13.5. The summed E-state index contributed by atoms with van der Waals surface area (Å²) in [7, 11) is 1.67. The van der Waals surface area contributed by atoms with Crippen LogP contribution in [-0.2, 0) is 11.2 Å². The number of piperazine rings is 1. The van der Waals surface area contributed by atoms with Gasteiger partial charge in [0.25, 0.3) is 0 Å². The molecule has 7 nitrogen and oxygen atoms in total. The number of methoxy groups -OCH3 is 1. The SMILES string of the molecule is COc1cccc(Cc2nsc(N3CCCC3C(=O)N3CCN(c4ccccc4C)CC3)n2)c1. The van der Waals surface area contributed by atoms with Gasteiger partial charge in [-0.15, -0.1) is 0 Å². The van der Waals surface area contributed by atoms with E-state index in [0.717, 1.165) is 67.8 Å². The van der Waals surface area contributed by atoms with Crippen molar-refractivity contribution >= 4 is 28.3 Å². The van der Waals surface area contributed by atoms with Crippen LogP contribution in [0.5, 0.6) is 5.75 Å². The zero-order valence-corrected chi connectivity index (χ0v) is 20.6. The predicted molar refractivity (Wildman–Crippen MR) is 136 cm³/mol. The second kappa shape index (κ2) is 10.0.